The van der Waals surface area contributed by atoms with Crippen LogP contribution in [-0.4, -0.2) is 23.8 Å². The number of halogens is 2. The Balaban J connectivity index is 2.07. The van der Waals surface area contributed by atoms with Crippen LogP contribution in [0, 0.1) is 0 Å². The van der Waals surface area contributed by atoms with Gasteiger partial charge in [-0.15, -0.1) is 0 Å². The number of rotatable bonds is 2. The summed E-state index contributed by atoms with van der Waals surface area (Å²) in [6, 6.07) is 7.80. The molecule has 0 saturated heterocycles. The van der Waals surface area contributed by atoms with Crippen LogP contribution in [0.3, 0.4) is 0 Å². The summed E-state index contributed by atoms with van der Waals surface area (Å²) in [7, 11) is 3.31. The van der Waals surface area contributed by atoms with Gasteiger partial charge in [0.25, 0.3) is 0 Å². The van der Waals surface area contributed by atoms with Crippen molar-refractivity contribution in [1.82, 2.24) is 9.55 Å². The minimum atomic E-state index is 0.175. The van der Waals surface area contributed by atoms with Crippen molar-refractivity contribution in [3.8, 4) is 22.9 Å². The van der Waals surface area contributed by atoms with Crippen molar-refractivity contribution >= 4 is 34.2 Å². The fraction of sp³-hybridized carbons (Fsp3) is 0.278. The molecule has 6 heteroatoms. The van der Waals surface area contributed by atoms with Gasteiger partial charge in [-0.2, -0.15) is 0 Å². The topological polar surface area (TPSA) is 36.3 Å². The molecule has 1 aliphatic heterocycles. The number of fused-ring (bicyclic) bond motifs is 5. The van der Waals surface area contributed by atoms with Gasteiger partial charge in [0.1, 0.15) is 5.82 Å². The Morgan fingerprint density at radius 1 is 1.12 bits per heavy atom. The molecule has 0 spiro atoms. The van der Waals surface area contributed by atoms with Gasteiger partial charge in [0.05, 0.1) is 35.3 Å². The fourth-order valence-corrected chi connectivity index (χ4v) is 3.94. The van der Waals surface area contributed by atoms with Crippen LogP contribution in [0.25, 0.3) is 22.4 Å². The molecule has 124 valence electrons. The van der Waals surface area contributed by atoms with Gasteiger partial charge in [0, 0.05) is 17.2 Å². The first-order chi connectivity index (χ1) is 11.6. The Morgan fingerprint density at radius 2 is 1.92 bits per heavy atom. The van der Waals surface area contributed by atoms with Crippen LogP contribution >= 0.6 is 23.2 Å². The van der Waals surface area contributed by atoms with Crippen molar-refractivity contribution in [2.45, 2.75) is 19.4 Å². The zero-order valence-electron chi connectivity index (χ0n) is 13.6. The number of aromatic nitrogens is 2. The smallest absolute Gasteiger partial charge is 0.164 e. The van der Waals surface area contributed by atoms with Gasteiger partial charge in [0.15, 0.2) is 11.5 Å². The third-order valence-electron chi connectivity index (χ3n) is 4.57. The summed E-state index contributed by atoms with van der Waals surface area (Å²) >= 11 is 12.7. The van der Waals surface area contributed by atoms with E-state index in [1.807, 2.05) is 18.2 Å². The average Bonchev–Trinajstić information content (AvgIpc) is 2.98. The molecule has 0 N–H and O–H groups in total. The average molecular weight is 363 g/mol. The molecule has 0 aliphatic carbocycles. The molecule has 0 bridgehead atoms. The quantitative estimate of drug-likeness (QED) is 0.632. The number of methoxy groups -OCH3 is 2. The number of ether oxygens (including phenoxy) is 2. The summed E-state index contributed by atoms with van der Waals surface area (Å²) in [5.74, 6) is 2.38. The van der Waals surface area contributed by atoms with E-state index in [-0.39, 0.29) is 6.04 Å². The Hall–Kier alpha value is -1.91. The summed E-state index contributed by atoms with van der Waals surface area (Å²) in [5, 5.41) is 1.08. The number of nitrogens with zero attached hydrogens (tertiary/aromatic N) is 2. The molecular weight excluding hydrogens is 347 g/mol. The maximum absolute atomic E-state index is 6.47. The van der Waals surface area contributed by atoms with Crippen molar-refractivity contribution in [2.75, 3.05) is 14.2 Å². The highest BCUT2D eigenvalue weighted by Gasteiger charge is 2.30. The highest BCUT2D eigenvalue weighted by Crippen LogP contribution is 2.46. The highest BCUT2D eigenvalue weighted by atomic mass is 35.5. The Labute approximate surface area is 149 Å². The monoisotopic (exact) mass is 362 g/mol. The number of hydrogen-bond donors (Lipinski definition) is 0. The van der Waals surface area contributed by atoms with Gasteiger partial charge < -0.3 is 14.0 Å². The first-order valence-electron chi connectivity index (χ1n) is 7.67. The number of benzene rings is 2. The molecule has 3 aromatic rings. The fourth-order valence-electron chi connectivity index (χ4n) is 3.53. The predicted octanol–water partition coefficient (Wildman–Crippen LogP) is 5.14. The van der Waals surface area contributed by atoms with Crippen LogP contribution in [0.2, 0.25) is 10.0 Å². The van der Waals surface area contributed by atoms with E-state index < -0.39 is 0 Å². The van der Waals surface area contributed by atoms with Gasteiger partial charge >= 0.3 is 0 Å². The molecule has 0 fully saturated rings. The standard InChI is InChI=1S/C18H16Cl2N2O2/c1-9-8-11-10(4-7-14(23-2)17(11)24-3)18-21-13-6-5-12(19)15(20)16(13)22(9)18/h4-7,9H,8H2,1-3H3. The maximum atomic E-state index is 6.47. The van der Waals surface area contributed by atoms with Crippen molar-refractivity contribution in [2.24, 2.45) is 0 Å². The molecule has 2 aromatic carbocycles. The van der Waals surface area contributed by atoms with Crippen molar-refractivity contribution < 1.29 is 9.47 Å². The molecule has 24 heavy (non-hydrogen) atoms. The van der Waals surface area contributed by atoms with Crippen LogP contribution < -0.4 is 9.47 Å². The third-order valence-corrected chi connectivity index (χ3v) is 5.37. The molecule has 1 unspecified atom stereocenters. The summed E-state index contributed by atoms with van der Waals surface area (Å²) in [6.07, 6.45) is 0.803. The van der Waals surface area contributed by atoms with E-state index >= 15 is 0 Å². The third kappa shape index (κ3) is 2.03. The highest BCUT2D eigenvalue weighted by molar-refractivity contribution is 6.45. The molecule has 1 aromatic heterocycles. The Kier molecular flexibility index (Phi) is 3.62. The largest absolute Gasteiger partial charge is 0.493 e. The summed E-state index contributed by atoms with van der Waals surface area (Å²) < 4.78 is 13.2. The SMILES string of the molecule is COc1ccc2c(c1OC)CC(C)n1c-2nc2ccc(Cl)c(Cl)c21. The van der Waals surface area contributed by atoms with Gasteiger partial charge in [-0.25, -0.2) is 4.98 Å². The molecule has 0 amide bonds. The first-order valence-corrected chi connectivity index (χ1v) is 8.42. The molecular formula is C18H16Cl2N2O2. The minimum Gasteiger partial charge on any atom is -0.493 e. The Morgan fingerprint density at radius 3 is 2.62 bits per heavy atom. The molecule has 0 saturated carbocycles. The zero-order valence-corrected chi connectivity index (χ0v) is 15.1. The van der Waals surface area contributed by atoms with Crippen LogP contribution in [0.1, 0.15) is 18.5 Å². The molecule has 0 radical (unpaired) electrons. The molecule has 1 aliphatic rings. The van der Waals surface area contributed by atoms with E-state index in [9.17, 15) is 0 Å². The molecule has 1 atom stereocenters. The second-order valence-corrected chi connectivity index (χ2v) is 6.70. The number of imidazole rings is 1. The zero-order chi connectivity index (χ0) is 17.0. The normalized spacial score (nSPS) is 16.0. The molecule has 2 heterocycles. The van der Waals surface area contributed by atoms with Crippen molar-refractivity contribution in [3.63, 3.8) is 0 Å². The van der Waals surface area contributed by atoms with Gasteiger partial charge in [-0.05, 0) is 37.6 Å². The second-order valence-electron chi connectivity index (χ2n) is 5.91. The predicted molar refractivity (Wildman–Crippen MR) is 96.7 cm³/mol. The van der Waals surface area contributed by atoms with E-state index in [1.54, 1.807) is 20.3 Å². The van der Waals surface area contributed by atoms with Crippen LogP contribution in [0.4, 0.5) is 0 Å². The van der Waals surface area contributed by atoms with E-state index in [0.29, 0.717) is 10.0 Å². The lowest BCUT2D eigenvalue weighted by molar-refractivity contribution is 0.349. The number of hydrogen-bond acceptors (Lipinski definition) is 3. The van der Waals surface area contributed by atoms with Gasteiger partial charge in [-0.1, -0.05) is 23.2 Å². The van der Waals surface area contributed by atoms with Crippen LogP contribution in [-0.2, 0) is 6.42 Å². The summed E-state index contributed by atoms with van der Waals surface area (Å²) in [4.78, 5) is 4.80. The van der Waals surface area contributed by atoms with Gasteiger partial charge in [0.2, 0.25) is 0 Å². The van der Waals surface area contributed by atoms with E-state index in [2.05, 4.69) is 11.5 Å². The summed E-state index contributed by atoms with van der Waals surface area (Å²) in [5.41, 5.74) is 3.87. The lowest BCUT2D eigenvalue weighted by Gasteiger charge is -2.27. The molecule has 4 rings (SSSR count). The van der Waals surface area contributed by atoms with E-state index in [1.165, 1.54) is 0 Å². The van der Waals surface area contributed by atoms with E-state index in [0.717, 1.165) is 45.9 Å². The molecule has 4 nitrogen and oxygen atoms in total. The van der Waals surface area contributed by atoms with E-state index in [4.69, 9.17) is 37.7 Å². The van der Waals surface area contributed by atoms with Crippen molar-refractivity contribution in [1.29, 1.82) is 0 Å². The van der Waals surface area contributed by atoms with Gasteiger partial charge in [-0.3, -0.25) is 0 Å². The second kappa shape index (κ2) is 5.57. The lowest BCUT2D eigenvalue weighted by Crippen LogP contribution is -2.17. The van der Waals surface area contributed by atoms with Crippen LogP contribution in [0.15, 0.2) is 24.3 Å². The lowest BCUT2D eigenvalue weighted by atomic mass is 9.94. The summed E-state index contributed by atoms with van der Waals surface area (Å²) in [6.45, 7) is 2.14. The first kappa shape index (κ1) is 15.6. The Bertz CT molecular complexity index is 966. The van der Waals surface area contributed by atoms with Crippen LogP contribution in [0.5, 0.6) is 11.5 Å². The minimum absolute atomic E-state index is 0.175. The maximum Gasteiger partial charge on any atom is 0.164 e. The van der Waals surface area contributed by atoms with Crippen molar-refractivity contribution in [3.05, 3.63) is 39.9 Å².